The second-order valence-corrected chi connectivity index (χ2v) is 5.74. The van der Waals surface area contributed by atoms with Gasteiger partial charge < -0.3 is 18.8 Å². The van der Waals surface area contributed by atoms with Crippen LogP contribution in [0.1, 0.15) is 23.0 Å². The number of aromatic nitrogens is 2. The number of benzene rings is 2. The van der Waals surface area contributed by atoms with Crippen LogP contribution in [0.5, 0.6) is 17.2 Å². The van der Waals surface area contributed by atoms with Crippen molar-refractivity contribution in [3.05, 3.63) is 58.0 Å². The molecular weight excluding hydrogens is 348 g/mol. The maximum absolute atomic E-state index is 13.1. The van der Waals surface area contributed by atoms with E-state index in [9.17, 15) is 9.59 Å². The topological polar surface area (TPSA) is 79.7 Å². The maximum atomic E-state index is 13.1. The molecule has 0 radical (unpaired) electrons. The van der Waals surface area contributed by atoms with E-state index in [2.05, 4.69) is 4.98 Å². The molecule has 3 rings (SSSR count). The van der Waals surface area contributed by atoms with Crippen LogP contribution in [0.4, 0.5) is 0 Å². The Balaban J connectivity index is 2.22. The molecular formula is C20H20N2O5. The number of aryl methyl sites for hydroxylation is 1. The van der Waals surface area contributed by atoms with Crippen LogP contribution in [0, 0.1) is 0 Å². The average molecular weight is 368 g/mol. The van der Waals surface area contributed by atoms with Gasteiger partial charge in [-0.05, 0) is 31.2 Å². The number of carbonyl (C=O) groups is 1. The highest BCUT2D eigenvalue weighted by Gasteiger charge is 2.22. The first-order valence-electron chi connectivity index (χ1n) is 8.40. The van der Waals surface area contributed by atoms with Gasteiger partial charge in [0.1, 0.15) is 0 Å². The van der Waals surface area contributed by atoms with Gasteiger partial charge in [0.2, 0.25) is 11.5 Å². The van der Waals surface area contributed by atoms with Crippen LogP contribution in [-0.4, -0.2) is 36.7 Å². The van der Waals surface area contributed by atoms with Gasteiger partial charge in [0.15, 0.2) is 17.2 Å². The smallest absolute Gasteiger partial charge is 0.281 e. The predicted octanol–water partition coefficient (Wildman–Crippen LogP) is 2.67. The third-order valence-corrected chi connectivity index (χ3v) is 4.31. The minimum absolute atomic E-state index is 0.148. The molecule has 0 saturated heterocycles. The summed E-state index contributed by atoms with van der Waals surface area (Å²) in [7, 11) is 4.40. The molecule has 3 aromatic rings. The number of fused-ring (bicyclic) bond motifs is 1. The van der Waals surface area contributed by atoms with E-state index in [1.54, 1.807) is 12.1 Å². The summed E-state index contributed by atoms with van der Waals surface area (Å²) in [5.41, 5.74) is 0.910. The van der Waals surface area contributed by atoms with Crippen LogP contribution < -0.4 is 19.8 Å². The first-order chi connectivity index (χ1) is 13.0. The van der Waals surface area contributed by atoms with Crippen molar-refractivity contribution in [3.8, 4) is 17.2 Å². The lowest BCUT2D eigenvalue weighted by Gasteiger charge is -2.14. The monoisotopic (exact) mass is 368 g/mol. The van der Waals surface area contributed by atoms with Gasteiger partial charge >= 0.3 is 0 Å². The number of methoxy groups -OCH3 is 3. The summed E-state index contributed by atoms with van der Waals surface area (Å²) in [6, 6.07) is 10.2. The molecule has 7 heteroatoms. The van der Waals surface area contributed by atoms with Crippen LogP contribution >= 0.6 is 0 Å². The second kappa shape index (κ2) is 7.49. The van der Waals surface area contributed by atoms with Gasteiger partial charge in [0, 0.05) is 12.1 Å². The SMILES string of the molecule is CCn1c(=O)c(C(=O)c2cc(OC)c(OC)c(OC)c2)nc2ccccc21. The van der Waals surface area contributed by atoms with E-state index in [4.69, 9.17) is 14.2 Å². The summed E-state index contributed by atoms with van der Waals surface area (Å²) >= 11 is 0. The van der Waals surface area contributed by atoms with Crippen molar-refractivity contribution in [2.75, 3.05) is 21.3 Å². The van der Waals surface area contributed by atoms with Crippen LogP contribution in [0.25, 0.3) is 11.0 Å². The number of rotatable bonds is 6. The zero-order valence-corrected chi connectivity index (χ0v) is 15.6. The van der Waals surface area contributed by atoms with Crippen LogP contribution in [0.3, 0.4) is 0 Å². The highest BCUT2D eigenvalue weighted by atomic mass is 16.5. The fourth-order valence-corrected chi connectivity index (χ4v) is 3.00. The van der Waals surface area contributed by atoms with Crippen molar-refractivity contribution >= 4 is 16.8 Å². The van der Waals surface area contributed by atoms with E-state index in [0.29, 0.717) is 34.8 Å². The Kier molecular flexibility index (Phi) is 5.12. The molecule has 1 aromatic heterocycles. The molecule has 0 aliphatic heterocycles. The molecule has 0 atom stereocenters. The number of ether oxygens (including phenoxy) is 3. The van der Waals surface area contributed by atoms with E-state index >= 15 is 0 Å². The number of carbonyl (C=O) groups excluding carboxylic acids is 1. The summed E-state index contributed by atoms with van der Waals surface area (Å²) in [6.07, 6.45) is 0. The number of nitrogens with zero attached hydrogens (tertiary/aromatic N) is 2. The zero-order valence-electron chi connectivity index (χ0n) is 15.6. The third-order valence-electron chi connectivity index (χ3n) is 4.31. The lowest BCUT2D eigenvalue weighted by atomic mass is 10.1. The molecule has 27 heavy (non-hydrogen) atoms. The molecule has 0 unspecified atom stereocenters. The largest absolute Gasteiger partial charge is 0.493 e. The van der Waals surface area contributed by atoms with E-state index in [0.717, 1.165) is 0 Å². The third kappa shape index (κ3) is 3.12. The normalized spacial score (nSPS) is 10.7. The molecule has 0 N–H and O–H groups in total. The number of hydrogen-bond acceptors (Lipinski definition) is 6. The molecule has 0 bridgehead atoms. The van der Waals surface area contributed by atoms with Crippen molar-refractivity contribution in [3.63, 3.8) is 0 Å². The molecule has 0 fully saturated rings. The number of para-hydroxylation sites is 2. The average Bonchev–Trinajstić information content (AvgIpc) is 2.71. The van der Waals surface area contributed by atoms with Gasteiger partial charge in [-0.15, -0.1) is 0 Å². The molecule has 140 valence electrons. The molecule has 0 aliphatic rings. The van der Waals surface area contributed by atoms with Crippen LogP contribution in [0.2, 0.25) is 0 Å². The van der Waals surface area contributed by atoms with E-state index < -0.39 is 11.3 Å². The van der Waals surface area contributed by atoms with Gasteiger partial charge in [-0.1, -0.05) is 12.1 Å². The minimum Gasteiger partial charge on any atom is -0.493 e. The maximum Gasteiger partial charge on any atom is 0.281 e. The summed E-state index contributed by atoms with van der Waals surface area (Å²) < 4.78 is 17.4. The van der Waals surface area contributed by atoms with Crippen LogP contribution in [0.15, 0.2) is 41.2 Å². The standard InChI is InChI=1S/C20H20N2O5/c1-5-22-14-9-7-6-8-13(14)21-17(20(22)24)18(23)12-10-15(25-2)19(27-4)16(11-12)26-3/h6-11H,5H2,1-4H3. The van der Waals surface area contributed by atoms with Crippen molar-refractivity contribution in [2.45, 2.75) is 13.5 Å². The Morgan fingerprint density at radius 2 is 1.67 bits per heavy atom. The van der Waals surface area contributed by atoms with Gasteiger partial charge in [0.25, 0.3) is 5.56 Å². The van der Waals surface area contributed by atoms with Crippen molar-refractivity contribution in [2.24, 2.45) is 0 Å². The molecule has 2 aromatic carbocycles. The molecule has 0 spiro atoms. The van der Waals surface area contributed by atoms with E-state index in [1.165, 1.54) is 38.0 Å². The summed E-state index contributed by atoms with van der Waals surface area (Å²) in [6.45, 7) is 2.28. The number of ketones is 1. The molecule has 7 nitrogen and oxygen atoms in total. The molecule has 1 heterocycles. The van der Waals surface area contributed by atoms with Gasteiger partial charge in [0.05, 0.1) is 32.4 Å². The summed E-state index contributed by atoms with van der Waals surface area (Å²) in [4.78, 5) is 30.3. The second-order valence-electron chi connectivity index (χ2n) is 5.74. The summed E-state index contributed by atoms with van der Waals surface area (Å²) in [5, 5.41) is 0. The Hall–Kier alpha value is -3.35. The fraction of sp³-hybridized carbons (Fsp3) is 0.250. The number of hydrogen-bond donors (Lipinski definition) is 0. The van der Waals surface area contributed by atoms with Gasteiger partial charge in [-0.25, -0.2) is 4.98 Å². The predicted molar refractivity (Wildman–Crippen MR) is 101 cm³/mol. The Bertz CT molecular complexity index is 1050. The Morgan fingerprint density at radius 3 is 2.22 bits per heavy atom. The lowest BCUT2D eigenvalue weighted by Crippen LogP contribution is -2.28. The van der Waals surface area contributed by atoms with E-state index in [-0.39, 0.29) is 11.3 Å². The Morgan fingerprint density at radius 1 is 1.04 bits per heavy atom. The quantitative estimate of drug-likeness (QED) is 0.623. The molecule has 0 aliphatic carbocycles. The molecule has 0 amide bonds. The fourth-order valence-electron chi connectivity index (χ4n) is 3.00. The highest BCUT2D eigenvalue weighted by molar-refractivity contribution is 6.09. The van der Waals surface area contributed by atoms with Crippen molar-refractivity contribution in [1.82, 2.24) is 9.55 Å². The lowest BCUT2D eigenvalue weighted by molar-refractivity contribution is 0.103. The molecule has 0 saturated carbocycles. The first-order valence-corrected chi connectivity index (χ1v) is 8.40. The zero-order chi connectivity index (χ0) is 19.6. The van der Waals surface area contributed by atoms with Gasteiger partial charge in [-0.3, -0.25) is 9.59 Å². The van der Waals surface area contributed by atoms with Crippen LogP contribution in [-0.2, 0) is 6.54 Å². The van der Waals surface area contributed by atoms with Crippen molar-refractivity contribution < 1.29 is 19.0 Å². The van der Waals surface area contributed by atoms with E-state index in [1.807, 2.05) is 19.1 Å². The van der Waals surface area contributed by atoms with Crippen molar-refractivity contribution in [1.29, 1.82) is 0 Å². The summed E-state index contributed by atoms with van der Waals surface area (Å²) in [5.74, 6) is 0.523. The highest BCUT2D eigenvalue weighted by Crippen LogP contribution is 2.38. The first kappa shape index (κ1) is 18.4. The minimum atomic E-state index is -0.507. The Labute approximate surface area is 156 Å². The van der Waals surface area contributed by atoms with Gasteiger partial charge in [-0.2, -0.15) is 0 Å².